The summed E-state index contributed by atoms with van der Waals surface area (Å²) in [6, 6.07) is 6.57. The molecule has 3 aromatic rings. The lowest BCUT2D eigenvalue weighted by Crippen LogP contribution is -2.18. The summed E-state index contributed by atoms with van der Waals surface area (Å²) in [4.78, 5) is 24.7. The number of rotatable bonds is 8. The van der Waals surface area contributed by atoms with Crippen molar-refractivity contribution in [3.63, 3.8) is 0 Å². The van der Waals surface area contributed by atoms with Crippen LogP contribution in [0, 0.1) is 11.6 Å². The Hall–Kier alpha value is -2.59. The van der Waals surface area contributed by atoms with Crippen molar-refractivity contribution >= 4 is 34.8 Å². The monoisotopic (exact) mass is 422 g/mol. The van der Waals surface area contributed by atoms with Crippen LogP contribution in [0.2, 0.25) is 0 Å². The topological polar surface area (TPSA) is 90.9 Å². The van der Waals surface area contributed by atoms with Crippen molar-refractivity contribution in [3.8, 4) is 10.7 Å². The van der Waals surface area contributed by atoms with E-state index in [1.54, 1.807) is 11.5 Å². The molecule has 0 fully saturated rings. The number of ketones is 1. The van der Waals surface area contributed by atoms with Crippen molar-refractivity contribution in [2.75, 3.05) is 0 Å². The highest BCUT2D eigenvalue weighted by Crippen LogP contribution is 2.30. The standard InChI is InChI=1S/C18H16F2N4O2S2/c1-10(16(26)12-5-4-11(19)9-13(12)20)28-18-23-22-17(14-3-2-8-27-14)24(18)7-6-15(21)25/h2-5,8-10H,6-7H2,1H3,(H2,21,25). The Balaban J connectivity index is 1.86. The van der Waals surface area contributed by atoms with Crippen LogP contribution in [-0.4, -0.2) is 31.7 Å². The van der Waals surface area contributed by atoms with Gasteiger partial charge in [0, 0.05) is 19.0 Å². The van der Waals surface area contributed by atoms with Crippen molar-refractivity contribution in [2.24, 2.45) is 5.73 Å². The summed E-state index contributed by atoms with van der Waals surface area (Å²) in [5.41, 5.74) is 5.07. The molecule has 1 unspecified atom stereocenters. The van der Waals surface area contributed by atoms with E-state index >= 15 is 0 Å². The first-order valence-corrected chi connectivity index (χ1v) is 10.0. The summed E-state index contributed by atoms with van der Waals surface area (Å²) in [6.45, 7) is 1.86. The van der Waals surface area contributed by atoms with Gasteiger partial charge >= 0.3 is 0 Å². The minimum absolute atomic E-state index is 0.0822. The number of thioether (sulfide) groups is 1. The maximum absolute atomic E-state index is 13.9. The first kappa shape index (κ1) is 20.2. The van der Waals surface area contributed by atoms with Crippen LogP contribution in [0.25, 0.3) is 10.7 Å². The van der Waals surface area contributed by atoms with Crippen LogP contribution in [0.1, 0.15) is 23.7 Å². The number of Topliss-reactive ketones (excluding diaryl/α,β-unsaturated/α-hetero) is 1. The molecule has 0 aliphatic carbocycles. The number of carbonyl (C=O) groups is 2. The van der Waals surface area contributed by atoms with Crippen molar-refractivity contribution in [1.29, 1.82) is 0 Å². The fourth-order valence-corrected chi connectivity index (χ4v) is 4.17. The summed E-state index contributed by atoms with van der Waals surface area (Å²) < 4.78 is 28.7. The highest BCUT2D eigenvalue weighted by Gasteiger charge is 2.24. The molecule has 0 spiro atoms. The molecule has 146 valence electrons. The molecule has 2 aromatic heterocycles. The van der Waals surface area contributed by atoms with E-state index < -0.39 is 28.6 Å². The smallest absolute Gasteiger partial charge is 0.219 e. The molecule has 1 aromatic carbocycles. The molecule has 0 saturated carbocycles. The number of thiophene rings is 1. The number of nitrogens with two attached hydrogens (primary N) is 1. The Morgan fingerprint density at radius 3 is 2.71 bits per heavy atom. The Kier molecular flexibility index (Phi) is 6.20. The maximum Gasteiger partial charge on any atom is 0.219 e. The summed E-state index contributed by atoms with van der Waals surface area (Å²) in [5.74, 6) is -2.07. The molecule has 28 heavy (non-hydrogen) atoms. The van der Waals surface area contributed by atoms with E-state index in [1.165, 1.54) is 11.3 Å². The van der Waals surface area contributed by atoms with Gasteiger partial charge in [-0.15, -0.1) is 21.5 Å². The van der Waals surface area contributed by atoms with Crippen LogP contribution < -0.4 is 5.73 Å². The third kappa shape index (κ3) is 4.45. The van der Waals surface area contributed by atoms with E-state index in [9.17, 15) is 18.4 Å². The predicted molar refractivity (Wildman–Crippen MR) is 103 cm³/mol. The van der Waals surface area contributed by atoms with Gasteiger partial charge in [0.05, 0.1) is 15.7 Å². The highest BCUT2D eigenvalue weighted by molar-refractivity contribution is 8.00. The third-order valence-electron chi connectivity index (χ3n) is 3.89. The number of carbonyl (C=O) groups excluding carboxylic acids is 2. The molecular formula is C18H16F2N4O2S2. The molecule has 0 saturated heterocycles. The van der Waals surface area contributed by atoms with E-state index in [0.717, 1.165) is 28.8 Å². The lowest BCUT2D eigenvalue weighted by atomic mass is 10.1. The molecule has 0 aliphatic heterocycles. The van der Waals surface area contributed by atoms with Gasteiger partial charge in [-0.25, -0.2) is 8.78 Å². The fraction of sp³-hybridized carbons (Fsp3) is 0.222. The average molecular weight is 422 g/mol. The lowest BCUT2D eigenvalue weighted by molar-refractivity contribution is -0.118. The number of halogens is 2. The van der Waals surface area contributed by atoms with Gasteiger partial charge in [0.2, 0.25) is 5.91 Å². The van der Waals surface area contributed by atoms with Gasteiger partial charge in [0.25, 0.3) is 0 Å². The fourth-order valence-electron chi connectivity index (χ4n) is 2.51. The Bertz CT molecular complexity index is 1010. The number of benzene rings is 1. The van der Waals surface area contributed by atoms with Crippen LogP contribution in [0.5, 0.6) is 0 Å². The quantitative estimate of drug-likeness (QED) is 0.443. The molecular weight excluding hydrogens is 406 g/mol. The van der Waals surface area contributed by atoms with Crippen LogP contribution >= 0.6 is 23.1 Å². The van der Waals surface area contributed by atoms with Crippen LogP contribution in [0.15, 0.2) is 40.9 Å². The zero-order valence-electron chi connectivity index (χ0n) is 14.8. The molecule has 1 amide bonds. The van der Waals surface area contributed by atoms with Gasteiger partial charge in [-0.05, 0) is 30.5 Å². The number of hydrogen-bond acceptors (Lipinski definition) is 6. The second-order valence-electron chi connectivity index (χ2n) is 5.90. The Labute approximate surface area is 167 Å². The first-order valence-electron chi connectivity index (χ1n) is 8.28. The minimum atomic E-state index is -0.910. The second-order valence-corrected chi connectivity index (χ2v) is 8.16. The van der Waals surface area contributed by atoms with Gasteiger partial charge in [-0.2, -0.15) is 0 Å². The molecule has 2 N–H and O–H groups in total. The van der Waals surface area contributed by atoms with Crippen LogP contribution in [0.4, 0.5) is 8.78 Å². The van der Waals surface area contributed by atoms with Crippen LogP contribution in [0.3, 0.4) is 0 Å². The Morgan fingerprint density at radius 2 is 2.07 bits per heavy atom. The molecule has 3 rings (SSSR count). The summed E-state index contributed by atoms with van der Waals surface area (Å²) in [6.07, 6.45) is 0.0822. The largest absolute Gasteiger partial charge is 0.370 e. The number of nitrogens with zero attached hydrogens (tertiary/aromatic N) is 3. The van der Waals surface area contributed by atoms with E-state index in [1.807, 2.05) is 17.5 Å². The molecule has 1 atom stereocenters. The Morgan fingerprint density at radius 1 is 1.29 bits per heavy atom. The normalized spacial score (nSPS) is 12.1. The van der Waals surface area contributed by atoms with Gasteiger partial charge in [0.15, 0.2) is 16.8 Å². The maximum atomic E-state index is 13.9. The summed E-state index contributed by atoms with van der Waals surface area (Å²) in [5, 5.41) is 9.89. The number of primary amides is 1. The van der Waals surface area contributed by atoms with Crippen molar-refractivity contribution in [1.82, 2.24) is 14.8 Å². The lowest BCUT2D eigenvalue weighted by Gasteiger charge is -2.12. The van der Waals surface area contributed by atoms with Crippen molar-refractivity contribution in [2.45, 2.75) is 30.3 Å². The first-order chi connectivity index (χ1) is 13.4. The SMILES string of the molecule is CC(Sc1nnc(-c2cccs2)n1CCC(N)=O)C(=O)c1ccc(F)cc1F. The summed E-state index contributed by atoms with van der Waals surface area (Å²) in [7, 11) is 0. The average Bonchev–Trinajstić information content (AvgIpc) is 3.29. The number of hydrogen-bond donors (Lipinski definition) is 1. The van der Waals surface area contributed by atoms with E-state index in [0.29, 0.717) is 17.0 Å². The second kappa shape index (κ2) is 8.61. The third-order valence-corrected chi connectivity index (χ3v) is 5.83. The molecule has 6 nitrogen and oxygen atoms in total. The van der Waals surface area contributed by atoms with Gasteiger partial charge in [-0.1, -0.05) is 17.8 Å². The van der Waals surface area contributed by atoms with Crippen molar-refractivity contribution < 1.29 is 18.4 Å². The molecule has 0 radical (unpaired) electrons. The van der Waals surface area contributed by atoms with Gasteiger partial charge in [-0.3, -0.25) is 9.59 Å². The predicted octanol–water partition coefficient (Wildman–Crippen LogP) is 3.52. The number of amides is 1. The van der Waals surface area contributed by atoms with Gasteiger partial charge < -0.3 is 10.3 Å². The zero-order chi connectivity index (χ0) is 20.3. The highest BCUT2D eigenvalue weighted by atomic mass is 32.2. The zero-order valence-corrected chi connectivity index (χ0v) is 16.4. The number of aromatic nitrogens is 3. The molecule has 10 heteroatoms. The summed E-state index contributed by atoms with van der Waals surface area (Å²) >= 11 is 2.55. The van der Waals surface area contributed by atoms with Crippen LogP contribution in [-0.2, 0) is 11.3 Å². The molecule has 2 heterocycles. The molecule has 0 aliphatic rings. The molecule has 0 bridgehead atoms. The van der Waals surface area contributed by atoms with Gasteiger partial charge in [0.1, 0.15) is 11.6 Å². The minimum Gasteiger partial charge on any atom is -0.370 e. The van der Waals surface area contributed by atoms with E-state index in [2.05, 4.69) is 10.2 Å². The van der Waals surface area contributed by atoms with Crippen molar-refractivity contribution in [3.05, 3.63) is 52.9 Å². The van der Waals surface area contributed by atoms with E-state index in [4.69, 9.17) is 5.73 Å². The van der Waals surface area contributed by atoms with E-state index in [-0.39, 0.29) is 18.5 Å².